The minimum Gasteiger partial charge on any atom is -0.449 e. The molecule has 88 valence electrons. The Morgan fingerprint density at radius 1 is 1.59 bits per heavy atom. The number of aromatic nitrogens is 1. The Labute approximate surface area is 104 Å². The lowest BCUT2D eigenvalue weighted by Crippen LogP contribution is -2.19. The zero-order valence-electron chi connectivity index (χ0n) is 9.51. The van der Waals surface area contributed by atoms with E-state index in [0.717, 1.165) is 17.3 Å². The number of nitriles is 1. The zero-order chi connectivity index (χ0) is 12.1. The van der Waals surface area contributed by atoms with Gasteiger partial charge in [-0.2, -0.15) is 5.26 Å². The summed E-state index contributed by atoms with van der Waals surface area (Å²) >= 11 is 1.67. The van der Waals surface area contributed by atoms with E-state index in [4.69, 9.17) is 9.68 Å². The summed E-state index contributed by atoms with van der Waals surface area (Å²) in [7, 11) is 0. The van der Waals surface area contributed by atoms with E-state index in [0.29, 0.717) is 18.2 Å². The quantitative estimate of drug-likeness (QED) is 0.881. The summed E-state index contributed by atoms with van der Waals surface area (Å²) in [6.07, 6.45) is 1.82. The molecule has 5 heteroatoms. The standard InChI is InChI=1S/C12H13N3OS/c1-9(12-15-4-5-17-12)7-14-8-11-3-2-10(6-13)16-11/h2-5,9,14H,7-8H2,1H3. The average Bonchev–Trinajstić information content (AvgIpc) is 3.00. The molecule has 2 aromatic rings. The van der Waals surface area contributed by atoms with Gasteiger partial charge in [-0.15, -0.1) is 11.3 Å². The summed E-state index contributed by atoms with van der Waals surface area (Å²) in [5, 5.41) is 15.0. The van der Waals surface area contributed by atoms with Crippen LogP contribution in [0, 0.1) is 11.3 Å². The van der Waals surface area contributed by atoms with Gasteiger partial charge in [-0.25, -0.2) is 4.98 Å². The van der Waals surface area contributed by atoms with E-state index in [9.17, 15) is 0 Å². The van der Waals surface area contributed by atoms with Crippen LogP contribution < -0.4 is 5.32 Å². The molecule has 0 aliphatic carbocycles. The van der Waals surface area contributed by atoms with E-state index in [1.807, 2.05) is 23.7 Å². The fourth-order valence-electron chi connectivity index (χ4n) is 1.51. The minimum atomic E-state index is 0.356. The summed E-state index contributed by atoms with van der Waals surface area (Å²) in [5.74, 6) is 1.53. The van der Waals surface area contributed by atoms with Gasteiger partial charge in [0.25, 0.3) is 0 Å². The summed E-state index contributed by atoms with van der Waals surface area (Å²) in [6, 6.07) is 5.47. The molecule has 0 aliphatic heterocycles. The highest BCUT2D eigenvalue weighted by Crippen LogP contribution is 2.16. The van der Waals surface area contributed by atoms with Crippen LogP contribution in [0.4, 0.5) is 0 Å². The molecule has 0 aliphatic rings. The number of hydrogen-bond donors (Lipinski definition) is 1. The first-order valence-corrected chi connectivity index (χ1v) is 6.26. The van der Waals surface area contributed by atoms with Gasteiger partial charge in [-0.3, -0.25) is 0 Å². The third-order valence-electron chi connectivity index (χ3n) is 2.39. The van der Waals surface area contributed by atoms with Gasteiger partial charge in [0.05, 0.1) is 11.6 Å². The summed E-state index contributed by atoms with van der Waals surface area (Å²) in [6.45, 7) is 3.61. The van der Waals surface area contributed by atoms with E-state index >= 15 is 0 Å². The second-order valence-electron chi connectivity index (χ2n) is 3.78. The highest BCUT2D eigenvalue weighted by molar-refractivity contribution is 7.09. The number of thiazole rings is 1. The topological polar surface area (TPSA) is 61.9 Å². The fraction of sp³-hybridized carbons (Fsp3) is 0.333. The van der Waals surface area contributed by atoms with Gasteiger partial charge < -0.3 is 9.73 Å². The van der Waals surface area contributed by atoms with Crippen LogP contribution in [0.15, 0.2) is 28.1 Å². The van der Waals surface area contributed by atoms with Gasteiger partial charge in [0.15, 0.2) is 0 Å². The Hall–Kier alpha value is -1.64. The predicted octanol–water partition coefficient (Wildman–Crippen LogP) is 2.50. The molecule has 1 unspecified atom stereocenters. The molecule has 0 fully saturated rings. The average molecular weight is 247 g/mol. The second-order valence-corrected chi connectivity index (χ2v) is 4.71. The van der Waals surface area contributed by atoms with Crippen LogP contribution in [-0.2, 0) is 6.54 Å². The van der Waals surface area contributed by atoms with E-state index in [2.05, 4.69) is 17.2 Å². The summed E-state index contributed by atoms with van der Waals surface area (Å²) in [4.78, 5) is 4.27. The third kappa shape index (κ3) is 3.16. The minimum absolute atomic E-state index is 0.356. The lowest BCUT2D eigenvalue weighted by Gasteiger charge is -2.08. The molecule has 2 aromatic heterocycles. The molecule has 0 amide bonds. The number of nitrogens with zero attached hydrogens (tertiary/aromatic N) is 2. The molecule has 0 spiro atoms. The van der Waals surface area contributed by atoms with Crippen molar-refractivity contribution in [3.63, 3.8) is 0 Å². The van der Waals surface area contributed by atoms with E-state index < -0.39 is 0 Å². The maximum Gasteiger partial charge on any atom is 0.203 e. The van der Waals surface area contributed by atoms with Crippen molar-refractivity contribution in [2.24, 2.45) is 0 Å². The first-order chi connectivity index (χ1) is 8.29. The number of hydrogen-bond acceptors (Lipinski definition) is 5. The van der Waals surface area contributed by atoms with Crippen molar-refractivity contribution in [3.05, 3.63) is 40.2 Å². The Morgan fingerprint density at radius 3 is 3.12 bits per heavy atom. The van der Waals surface area contributed by atoms with Crippen molar-refractivity contribution in [3.8, 4) is 6.07 Å². The Kier molecular flexibility index (Phi) is 3.91. The molecule has 0 saturated heterocycles. The van der Waals surface area contributed by atoms with Crippen LogP contribution in [-0.4, -0.2) is 11.5 Å². The monoisotopic (exact) mass is 247 g/mol. The maximum absolute atomic E-state index is 8.62. The van der Waals surface area contributed by atoms with E-state index in [1.165, 1.54) is 0 Å². The van der Waals surface area contributed by atoms with Gasteiger partial charge >= 0.3 is 0 Å². The van der Waals surface area contributed by atoms with Gasteiger partial charge in [0, 0.05) is 24.0 Å². The smallest absolute Gasteiger partial charge is 0.203 e. The summed E-state index contributed by atoms with van der Waals surface area (Å²) in [5.41, 5.74) is 0. The van der Waals surface area contributed by atoms with Crippen molar-refractivity contribution in [1.82, 2.24) is 10.3 Å². The second kappa shape index (κ2) is 5.62. The van der Waals surface area contributed by atoms with E-state index in [1.54, 1.807) is 17.4 Å². The molecule has 1 N–H and O–H groups in total. The lowest BCUT2D eigenvalue weighted by molar-refractivity contribution is 0.468. The highest BCUT2D eigenvalue weighted by Gasteiger charge is 2.08. The molecule has 2 rings (SSSR count). The van der Waals surface area contributed by atoms with Gasteiger partial charge in [0.2, 0.25) is 5.76 Å². The number of furan rings is 1. The van der Waals surface area contributed by atoms with E-state index in [-0.39, 0.29) is 0 Å². The van der Waals surface area contributed by atoms with Gasteiger partial charge in [0.1, 0.15) is 11.8 Å². The normalized spacial score (nSPS) is 12.2. The molecule has 0 radical (unpaired) electrons. The van der Waals surface area contributed by atoms with Crippen LogP contribution in [0.2, 0.25) is 0 Å². The first-order valence-electron chi connectivity index (χ1n) is 5.38. The van der Waals surface area contributed by atoms with Crippen molar-refractivity contribution < 1.29 is 4.42 Å². The summed E-state index contributed by atoms with van der Waals surface area (Å²) < 4.78 is 5.27. The van der Waals surface area contributed by atoms with Crippen molar-refractivity contribution in [2.45, 2.75) is 19.4 Å². The first kappa shape index (κ1) is 11.8. The van der Waals surface area contributed by atoms with Crippen molar-refractivity contribution >= 4 is 11.3 Å². The largest absolute Gasteiger partial charge is 0.449 e. The molecular weight excluding hydrogens is 234 g/mol. The molecule has 0 bridgehead atoms. The van der Waals surface area contributed by atoms with Crippen molar-refractivity contribution in [1.29, 1.82) is 5.26 Å². The maximum atomic E-state index is 8.62. The zero-order valence-corrected chi connectivity index (χ0v) is 10.3. The molecule has 1 atom stereocenters. The molecule has 17 heavy (non-hydrogen) atoms. The Morgan fingerprint density at radius 2 is 2.47 bits per heavy atom. The third-order valence-corrected chi connectivity index (χ3v) is 3.40. The van der Waals surface area contributed by atoms with Crippen LogP contribution in [0.25, 0.3) is 0 Å². The SMILES string of the molecule is CC(CNCc1ccc(C#N)o1)c1nccs1. The predicted molar refractivity (Wildman–Crippen MR) is 65.7 cm³/mol. The van der Waals surface area contributed by atoms with Gasteiger partial charge in [-0.1, -0.05) is 6.92 Å². The van der Waals surface area contributed by atoms with Crippen LogP contribution in [0.5, 0.6) is 0 Å². The molecule has 0 saturated carbocycles. The van der Waals surface area contributed by atoms with Crippen LogP contribution in [0.3, 0.4) is 0 Å². The van der Waals surface area contributed by atoms with Crippen molar-refractivity contribution in [2.75, 3.05) is 6.54 Å². The Balaban J connectivity index is 1.78. The fourth-order valence-corrected chi connectivity index (χ4v) is 2.21. The number of rotatable bonds is 5. The molecule has 0 aromatic carbocycles. The Bertz CT molecular complexity index is 498. The van der Waals surface area contributed by atoms with Crippen LogP contribution in [0.1, 0.15) is 29.4 Å². The number of nitrogens with one attached hydrogen (secondary N) is 1. The molecule has 4 nitrogen and oxygen atoms in total. The van der Waals surface area contributed by atoms with Crippen LogP contribution >= 0.6 is 11.3 Å². The van der Waals surface area contributed by atoms with Gasteiger partial charge in [-0.05, 0) is 12.1 Å². The highest BCUT2D eigenvalue weighted by atomic mass is 32.1. The molecule has 2 heterocycles. The molecular formula is C12H13N3OS. The lowest BCUT2D eigenvalue weighted by atomic mass is 10.2.